The fourth-order valence-corrected chi connectivity index (χ4v) is 3.80. The summed E-state index contributed by atoms with van der Waals surface area (Å²) in [5.41, 5.74) is 1.49. The van der Waals surface area contributed by atoms with Crippen molar-refractivity contribution in [1.29, 1.82) is 0 Å². The summed E-state index contributed by atoms with van der Waals surface area (Å²) in [5.74, 6) is 0.884. The van der Waals surface area contributed by atoms with E-state index in [1.54, 1.807) is 11.0 Å². The summed E-state index contributed by atoms with van der Waals surface area (Å²) in [6.07, 6.45) is 3.41. The monoisotopic (exact) mass is 479 g/mol. The SMILES string of the molecule is CCCCCN(CC(=O)N(CCc1ccccc1)Cc1ccc(C)o1)C(=O)Nc1cccc(F)c1. The van der Waals surface area contributed by atoms with Crippen molar-refractivity contribution >= 4 is 17.6 Å². The Morgan fingerprint density at radius 2 is 1.74 bits per heavy atom. The highest BCUT2D eigenvalue weighted by Crippen LogP contribution is 2.14. The molecule has 35 heavy (non-hydrogen) atoms. The molecule has 0 bridgehead atoms. The van der Waals surface area contributed by atoms with E-state index in [1.165, 1.54) is 23.1 Å². The third-order valence-electron chi connectivity index (χ3n) is 5.73. The number of halogens is 1. The molecule has 3 aromatic rings. The molecule has 0 aliphatic rings. The highest BCUT2D eigenvalue weighted by Gasteiger charge is 2.22. The average Bonchev–Trinajstić information content (AvgIpc) is 3.26. The minimum Gasteiger partial charge on any atom is -0.464 e. The fourth-order valence-electron chi connectivity index (χ4n) is 3.80. The van der Waals surface area contributed by atoms with E-state index in [9.17, 15) is 14.0 Å². The lowest BCUT2D eigenvalue weighted by Crippen LogP contribution is -2.45. The summed E-state index contributed by atoms with van der Waals surface area (Å²) in [6.45, 7) is 5.14. The molecule has 7 heteroatoms. The Kier molecular flexibility index (Phi) is 9.90. The summed E-state index contributed by atoms with van der Waals surface area (Å²) < 4.78 is 19.3. The molecule has 0 fully saturated rings. The van der Waals surface area contributed by atoms with Crippen LogP contribution in [0.15, 0.2) is 71.1 Å². The average molecular weight is 480 g/mol. The van der Waals surface area contributed by atoms with Gasteiger partial charge in [0.05, 0.1) is 6.54 Å². The van der Waals surface area contributed by atoms with Gasteiger partial charge < -0.3 is 19.5 Å². The van der Waals surface area contributed by atoms with Crippen molar-refractivity contribution in [3.63, 3.8) is 0 Å². The van der Waals surface area contributed by atoms with Crippen LogP contribution in [0.2, 0.25) is 0 Å². The quantitative estimate of drug-likeness (QED) is 0.323. The largest absolute Gasteiger partial charge is 0.464 e. The van der Waals surface area contributed by atoms with Gasteiger partial charge in [-0.3, -0.25) is 4.79 Å². The molecule has 1 aromatic heterocycles. The zero-order chi connectivity index (χ0) is 25.0. The Hall–Kier alpha value is -3.61. The molecule has 0 unspecified atom stereocenters. The van der Waals surface area contributed by atoms with Gasteiger partial charge in [-0.15, -0.1) is 0 Å². The first-order valence-electron chi connectivity index (χ1n) is 12.1. The molecule has 0 saturated heterocycles. The molecule has 3 amide bonds. The zero-order valence-electron chi connectivity index (χ0n) is 20.5. The van der Waals surface area contributed by atoms with Crippen molar-refractivity contribution in [3.8, 4) is 0 Å². The minimum absolute atomic E-state index is 0.0701. The zero-order valence-corrected chi connectivity index (χ0v) is 20.5. The maximum absolute atomic E-state index is 13.6. The van der Waals surface area contributed by atoms with Crippen molar-refractivity contribution in [2.75, 3.05) is 25.0 Å². The van der Waals surface area contributed by atoms with E-state index in [0.717, 1.165) is 30.6 Å². The van der Waals surface area contributed by atoms with Gasteiger partial charge in [0.1, 0.15) is 23.9 Å². The highest BCUT2D eigenvalue weighted by molar-refractivity contribution is 5.92. The first kappa shape index (κ1) is 26.0. The Bertz CT molecular complexity index is 1080. The number of amides is 3. The van der Waals surface area contributed by atoms with Crippen molar-refractivity contribution in [3.05, 3.63) is 89.6 Å². The van der Waals surface area contributed by atoms with Gasteiger partial charge >= 0.3 is 6.03 Å². The van der Waals surface area contributed by atoms with E-state index in [0.29, 0.717) is 37.5 Å². The molecular formula is C28H34FN3O3. The van der Waals surface area contributed by atoms with E-state index in [-0.39, 0.29) is 12.5 Å². The molecule has 1 N–H and O–H groups in total. The third-order valence-corrected chi connectivity index (χ3v) is 5.73. The Balaban J connectivity index is 1.72. The highest BCUT2D eigenvalue weighted by atomic mass is 19.1. The number of nitrogens with zero attached hydrogens (tertiary/aromatic N) is 2. The van der Waals surface area contributed by atoms with Crippen LogP contribution in [0.4, 0.5) is 14.9 Å². The van der Waals surface area contributed by atoms with Gasteiger partial charge in [-0.05, 0) is 55.7 Å². The smallest absolute Gasteiger partial charge is 0.322 e. The van der Waals surface area contributed by atoms with Gasteiger partial charge in [0.25, 0.3) is 0 Å². The minimum atomic E-state index is -0.433. The first-order chi connectivity index (χ1) is 16.9. The van der Waals surface area contributed by atoms with Crippen molar-refractivity contribution < 1.29 is 18.4 Å². The van der Waals surface area contributed by atoms with Gasteiger partial charge in [0.15, 0.2) is 0 Å². The molecule has 3 rings (SSSR count). The Morgan fingerprint density at radius 1 is 0.943 bits per heavy atom. The molecule has 186 valence electrons. The lowest BCUT2D eigenvalue weighted by molar-refractivity contribution is -0.132. The number of hydrogen-bond acceptors (Lipinski definition) is 3. The van der Waals surface area contributed by atoms with E-state index in [2.05, 4.69) is 12.2 Å². The molecule has 0 spiro atoms. The standard InChI is InChI=1S/C28H34FN3O3/c1-3-4-8-17-32(28(34)30-25-13-9-12-24(29)19-25)21-27(33)31(20-26-15-14-22(2)35-26)18-16-23-10-6-5-7-11-23/h5-7,9-15,19H,3-4,8,16-18,20-21H2,1-2H3,(H,30,34). The Labute approximate surface area is 206 Å². The predicted molar refractivity (Wildman–Crippen MR) is 136 cm³/mol. The molecule has 0 atom stereocenters. The summed E-state index contributed by atoms with van der Waals surface area (Å²) in [5, 5.41) is 2.72. The topological polar surface area (TPSA) is 65.8 Å². The van der Waals surface area contributed by atoms with E-state index in [1.807, 2.05) is 49.4 Å². The molecule has 2 aromatic carbocycles. The van der Waals surface area contributed by atoms with Crippen LogP contribution in [-0.2, 0) is 17.8 Å². The number of benzene rings is 2. The van der Waals surface area contributed by atoms with Crippen LogP contribution in [0.3, 0.4) is 0 Å². The van der Waals surface area contributed by atoms with Crippen molar-refractivity contribution in [2.24, 2.45) is 0 Å². The number of urea groups is 1. The van der Waals surface area contributed by atoms with Crippen LogP contribution in [-0.4, -0.2) is 41.4 Å². The number of nitrogens with one attached hydrogen (secondary N) is 1. The molecule has 1 heterocycles. The second-order valence-corrected chi connectivity index (χ2v) is 8.63. The molecule has 0 aliphatic carbocycles. The number of carbonyl (C=O) groups excluding carboxylic acids is 2. The lowest BCUT2D eigenvalue weighted by Gasteiger charge is -2.27. The van der Waals surface area contributed by atoms with Crippen LogP contribution < -0.4 is 5.32 Å². The number of hydrogen-bond donors (Lipinski definition) is 1. The van der Waals surface area contributed by atoms with Crippen LogP contribution in [0, 0.1) is 12.7 Å². The third kappa shape index (κ3) is 8.59. The predicted octanol–water partition coefficient (Wildman–Crippen LogP) is 6.02. The van der Waals surface area contributed by atoms with Gasteiger partial charge in [-0.1, -0.05) is 56.2 Å². The summed E-state index contributed by atoms with van der Waals surface area (Å²) >= 11 is 0. The molecule has 6 nitrogen and oxygen atoms in total. The second-order valence-electron chi connectivity index (χ2n) is 8.63. The van der Waals surface area contributed by atoms with Crippen LogP contribution in [0.5, 0.6) is 0 Å². The number of aryl methyl sites for hydroxylation is 1. The number of rotatable bonds is 12. The van der Waals surface area contributed by atoms with Crippen molar-refractivity contribution in [2.45, 2.75) is 46.1 Å². The van der Waals surface area contributed by atoms with E-state index in [4.69, 9.17) is 4.42 Å². The molecule has 0 radical (unpaired) electrons. The number of unbranched alkanes of at least 4 members (excludes halogenated alkanes) is 2. The van der Waals surface area contributed by atoms with Gasteiger partial charge in [-0.2, -0.15) is 0 Å². The van der Waals surface area contributed by atoms with Gasteiger partial charge in [0.2, 0.25) is 5.91 Å². The van der Waals surface area contributed by atoms with E-state index >= 15 is 0 Å². The van der Waals surface area contributed by atoms with Gasteiger partial charge in [0, 0.05) is 18.8 Å². The second kappa shape index (κ2) is 13.3. The van der Waals surface area contributed by atoms with Crippen LogP contribution in [0.25, 0.3) is 0 Å². The summed E-state index contributed by atoms with van der Waals surface area (Å²) in [7, 11) is 0. The first-order valence-corrected chi connectivity index (χ1v) is 12.1. The van der Waals surface area contributed by atoms with Crippen molar-refractivity contribution in [1.82, 2.24) is 9.80 Å². The maximum atomic E-state index is 13.6. The fraction of sp³-hybridized carbons (Fsp3) is 0.357. The Morgan fingerprint density at radius 3 is 2.43 bits per heavy atom. The van der Waals surface area contributed by atoms with Gasteiger partial charge in [-0.25, -0.2) is 9.18 Å². The number of anilines is 1. The van der Waals surface area contributed by atoms with Crippen LogP contribution >= 0.6 is 0 Å². The van der Waals surface area contributed by atoms with Crippen LogP contribution in [0.1, 0.15) is 43.3 Å². The number of carbonyl (C=O) groups is 2. The van der Waals surface area contributed by atoms with E-state index < -0.39 is 11.8 Å². The molecule has 0 saturated carbocycles. The maximum Gasteiger partial charge on any atom is 0.322 e. The summed E-state index contributed by atoms with van der Waals surface area (Å²) in [6, 6.07) is 19.0. The summed E-state index contributed by atoms with van der Waals surface area (Å²) in [4.78, 5) is 29.7. The lowest BCUT2D eigenvalue weighted by atomic mass is 10.1. The number of furan rings is 1. The molecule has 0 aliphatic heterocycles. The molecular weight excluding hydrogens is 445 g/mol. The normalized spacial score (nSPS) is 10.7.